The molecular formula is C14H17ClN6S. The molecule has 0 unspecified atom stereocenters. The molecule has 0 atom stereocenters. The lowest BCUT2D eigenvalue weighted by atomic mass is 10.4. The van der Waals surface area contributed by atoms with Gasteiger partial charge < -0.3 is 14.0 Å². The molecule has 3 aromatic rings. The van der Waals surface area contributed by atoms with Gasteiger partial charge in [-0.05, 0) is 6.42 Å². The Hall–Kier alpha value is -1.86. The van der Waals surface area contributed by atoms with Gasteiger partial charge in [0, 0.05) is 52.0 Å². The summed E-state index contributed by atoms with van der Waals surface area (Å²) in [6, 6.07) is 0. The van der Waals surface area contributed by atoms with Crippen LogP contribution in [0.25, 0.3) is 10.7 Å². The van der Waals surface area contributed by atoms with Crippen molar-refractivity contribution in [3.05, 3.63) is 36.3 Å². The molecule has 8 heteroatoms. The third kappa shape index (κ3) is 3.15. The van der Waals surface area contributed by atoms with E-state index in [4.69, 9.17) is 11.6 Å². The highest BCUT2D eigenvalue weighted by Crippen LogP contribution is 2.36. The lowest BCUT2D eigenvalue weighted by Gasteiger charge is -2.07. The third-order valence-electron chi connectivity index (χ3n) is 3.25. The van der Waals surface area contributed by atoms with Gasteiger partial charge in [-0.2, -0.15) is 0 Å². The Morgan fingerprint density at radius 3 is 2.77 bits per heavy atom. The summed E-state index contributed by atoms with van der Waals surface area (Å²) in [6.07, 6.45) is 10.4. The Bertz CT molecular complexity index is 730. The molecule has 0 aromatic carbocycles. The highest BCUT2D eigenvalue weighted by Gasteiger charge is 2.16. The van der Waals surface area contributed by atoms with Crippen LogP contribution in [0.15, 0.2) is 31.1 Å². The van der Waals surface area contributed by atoms with Crippen molar-refractivity contribution in [2.45, 2.75) is 19.5 Å². The van der Waals surface area contributed by atoms with Crippen molar-refractivity contribution < 1.29 is 0 Å². The van der Waals surface area contributed by atoms with Crippen LogP contribution >= 0.6 is 22.9 Å². The average molecular weight is 337 g/mol. The molecule has 0 N–H and O–H groups in total. The van der Waals surface area contributed by atoms with Crippen LogP contribution in [-0.2, 0) is 13.1 Å². The smallest absolute Gasteiger partial charge is 0.186 e. The first-order chi connectivity index (χ1) is 10.6. The van der Waals surface area contributed by atoms with Crippen molar-refractivity contribution in [2.75, 3.05) is 19.0 Å². The van der Waals surface area contributed by atoms with Gasteiger partial charge in [0.05, 0.1) is 6.33 Å². The summed E-state index contributed by atoms with van der Waals surface area (Å²) in [6.45, 7) is 1.80. The van der Waals surface area contributed by atoms with Crippen molar-refractivity contribution in [3.63, 3.8) is 0 Å². The van der Waals surface area contributed by atoms with Crippen LogP contribution in [0.1, 0.15) is 6.42 Å². The number of thiazole rings is 1. The quantitative estimate of drug-likeness (QED) is 0.694. The van der Waals surface area contributed by atoms with Crippen molar-refractivity contribution in [1.82, 2.24) is 24.1 Å². The first-order valence-corrected chi connectivity index (χ1v) is 8.15. The second kappa shape index (κ2) is 6.50. The van der Waals surface area contributed by atoms with Gasteiger partial charge >= 0.3 is 0 Å². The molecule has 0 bridgehead atoms. The normalized spacial score (nSPS) is 11.0. The average Bonchev–Trinajstić information content (AvgIpc) is 3.19. The molecule has 0 aliphatic rings. The highest BCUT2D eigenvalue weighted by atomic mass is 35.5. The van der Waals surface area contributed by atoms with Crippen LogP contribution in [0, 0.1) is 0 Å². The Kier molecular flexibility index (Phi) is 4.44. The van der Waals surface area contributed by atoms with E-state index in [0.29, 0.717) is 5.15 Å². The van der Waals surface area contributed by atoms with E-state index in [1.807, 2.05) is 37.7 Å². The monoisotopic (exact) mass is 336 g/mol. The number of halogens is 1. The fraction of sp³-hybridized carbons (Fsp3) is 0.357. The summed E-state index contributed by atoms with van der Waals surface area (Å²) in [7, 11) is 3.91. The number of anilines is 1. The maximum atomic E-state index is 6.27. The summed E-state index contributed by atoms with van der Waals surface area (Å²) in [5.41, 5.74) is 0. The zero-order chi connectivity index (χ0) is 15.5. The molecule has 0 spiro atoms. The summed E-state index contributed by atoms with van der Waals surface area (Å²) in [5.74, 6) is 0.876. The fourth-order valence-electron chi connectivity index (χ4n) is 2.16. The van der Waals surface area contributed by atoms with E-state index in [0.717, 1.165) is 35.3 Å². The molecular weight excluding hydrogens is 320 g/mol. The first-order valence-electron chi connectivity index (χ1n) is 6.96. The molecule has 0 aliphatic heterocycles. The second-order valence-corrected chi connectivity index (χ2v) is 6.44. The van der Waals surface area contributed by atoms with Crippen molar-refractivity contribution >= 4 is 28.1 Å². The second-order valence-electron chi connectivity index (χ2n) is 5.11. The number of aromatic nitrogens is 5. The van der Waals surface area contributed by atoms with E-state index < -0.39 is 0 Å². The number of hydrogen-bond acceptors (Lipinski definition) is 5. The summed E-state index contributed by atoms with van der Waals surface area (Å²) in [4.78, 5) is 15.7. The lowest BCUT2D eigenvalue weighted by Crippen LogP contribution is -2.07. The van der Waals surface area contributed by atoms with E-state index in [9.17, 15) is 0 Å². The summed E-state index contributed by atoms with van der Waals surface area (Å²) >= 11 is 7.83. The third-order valence-corrected chi connectivity index (χ3v) is 4.85. The molecule has 3 aromatic heterocycles. The van der Waals surface area contributed by atoms with Gasteiger partial charge in [-0.1, -0.05) is 22.9 Å². The molecule has 0 saturated carbocycles. The van der Waals surface area contributed by atoms with E-state index in [-0.39, 0.29) is 0 Å². The number of aryl methyl sites for hydroxylation is 2. The topological polar surface area (TPSA) is 51.8 Å². The van der Waals surface area contributed by atoms with E-state index in [1.54, 1.807) is 23.7 Å². The van der Waals surface area contributed by atoms with Crippen LogP contribution < -0.4 is 4.90 Å². The number of nitrogens with zero attached hydrogens (tertiary/aromatic N) is 6. The van der Waals surface area contributed by atoms with Gasteiger partial charge in [-0.15, -0.1) is 0 Å². The SMILES string of the molecule is CN(C)c1nc(Cl)c(-c2nccn2CCCn2ccnc2)s1. The number of rotatable bonds is 6. The first kappa shape index (κ1) is 15.1. The zero-order valence-electron chi connectivity index (χ0n) is 12.5. The predicted molar refractivity (Wildman–Crippen MR) is 89.5 cm³/mol. The van der Waals surface area contributed by atoms with Crippen molar-refractivity contribution in [1.29, 1.82) is 0 Å². The highest BCUT2D eigenvalue weighted by molar-refractivity contribution is 7.19. The lowest BCUT2D eigenvalue weighted by molar-refractivity contribution is 0.566. The summed E-state index contributed by atoms with van der Waals surface area (Å²) < 4.78 is 4.19. The standard InChI is InChI=1S/C14H17ClN6S/c1-19(2)14-18-12(15)11(22-14)13-17-5-9-21(13)7-3-6-20-8-4-16-10-20/h4-5,8-10H,3,6-7H2,1-2H3. The van der Waals surface area contributed by atoms with Crippen LogP contribution in [0.5, 0.6) is 0 Å². The summed E-state index contributed by atoms with van der Waals surface area (Å²) in [5, 5.41) is 1.39. The zero-order valence-corrected chi connectivity index (χ0v) is 14.0. The Balaban J connectivity index is 1.74. The molecule has 0 aliphatic carbocycles. The molecule has 6 nitrogen and oxygen atoms in total. The number of hydrogen-bond donors (Lipinski definition) is 0. The predicted octanol–water partition coefficient (Wildman–Crippen LogP) is 3.01. The van der Waals surface area contributed by atoms with Crippen LogP contribution in [0.3, 0.4) is 0 Å². The molecule has 0 saturated heterocycles. The van der Waals surface area contributed by atoms with Gasteiger partial charge in [-0.3, -0.25) is 0 Å². The van der Waals surface area contributed by atoms with E-state index in [2.05, 4.69) is 24.1 Å². The minimum atomic E-state index is 0.510. The maximum absolute atomic E-state index is 6.27. The minimum absolute atomic E-state index is 0.510. The molecule has 116 valence electrons. The van der Waals surface area contributed by atoms with Gasteiger partial charge in [0.2, 0.25) is 0 Å². The van der Waals surface area contributed by atoms with Crippen LogP contribution in [0.2, 0.25) is 5.15 Å². The van der Waals surface area contributed by atoms with Crippen LogP contribution in [0.4, 0.5) is 5.13 Å². The molecule has 0 radical (unpaired) electrons. The van der Waals surface area contributed by atoms with Gasteiger partial charge in [0.25, 0.3) is 0 Å². The van der Waals surface area contributed by atoms with Crippen molar-refractivity contribution in [2.24, 2.45) is 0 Å². The Morgan fingerprint density at radius 1 is 1.23 bits per heavy atom. The molecule has 3 heterocycles. The molecule has 0 fully saturated rings. The van der Waals surface area contributed by atoms with E-state index >= 15 is 0 Å². The van der Waals surface area contributed by atoms with Gasteiger partial charge in [-0.25, -0.2) is 15.0 Å². The molecule has 3 rings (SSSR count). The Labute approximate surface area is 138 Å². The van der Waals surface area contributed by atoms with Crippen molar-refractivity contribution in [3.8, 4) is 10.7 Å². The minimum Gasteiger partial charge on any atom is -0.354 e. The van der Waals surface area contributed by atoms with Crippen LogP contribution in [-0.4, -0.2) is 38.2 Å². The number of imidazole rings is 2. The maximum Gasteiger partial charge on any atom is 0.186 e. The molecule has 22 heavy (non-hydrogen) atoms. The Morgan fingerprint density at radius 2 is 2.09 bits per heavy atom. The molecule has 0 amide bonds. The fourth-order valence-corrected chi connectivity index (χ4v) is 3.39. The van der Waals surface area contributed by atoms with Gasteiger partial charge in [0.15, 0.2) is 16.1 Å². The van der Waals surface area contributed by atoms with E-state index in [1.165, 1.54) is 0 Å². The largest absolute Gasteiger partial charge is 0.354 e. The van der Waals surface area contributed by atoms with Gasteiger partial charge in [0.1, 0.15) is 4.88 Å².